The lowest BCUT2D eigenvalue weighted by Gasteiger charge is -2.32. The Hall–Kier alpha value is -2.51. The van der Waals surface area contributed by atoms with Gasteiger partial charge in [0.1, 0.15) is 6.10 Å². The molecule has 7 heteroatoms. The van der Waals surface area contributed by atoms with Crippen molar-refractivity contribution in [1.29, 1.82) is 0 Å². The van der Waals surface area contributed by atoms with E-state index in [4.69, 9.17) is 9.72 Å². The SMILES string of the molecule is O=C(NC1CCC(CCN2CCc3sc(OC4CCC4)nc3C2)CC1)c1cccc2ncccc12. The standard InChI is InChI=1S/C28H34N4O2S/c33-27(23-6-2-8-24-22(23)7-3-15-29-24)30-20-11-9-19(10-12-20)13-16-32-17-14-26-25(18-32)31-28(35-26)34-21-4-1-5-21/h2-3,6-8,15,19-21H,1,4-5,9-14,16-18H2,(H,30,33). The first kappa shape index (κ1) is 22.9. The van der Waals surface area contributed by atoms with Crippen molar-refractivity contribution in [2.75, 3.05) is 13.1 Å². The lowest BCUT2D eigenvalue weighted by atomic mass is 9.84. The molecule has 1 N–H and O–H groups in total. The molecule has 6 nitrogen and oxygen atoms in total. The number of hydrogen-bond donors (Lipinski definition) is 1. The van der Waals surface area contributed by atoms with Crippen molar-refractivity contribution >= 4 is 28.1 Å². The van der Waals surface area contributed by atoms with E-state index in [2.05, 4.69) is 15.2 Å². The van der Waals surface area contributed by atoms with Crippen LogP contribution in [0, 0.1) is 5.92 Å². The molecular formula is C28H34N4O2S. The van der Waals surface area contributed by atoms with Crippen LogP contribution in [0.25, 0.3) is 10.9 Å². The zero-order valence-electron chi connectivity index (χ0n) is 20.2. The Morgan fingerprint density at radius 1 is 1.11 bits per heavy atom. The molecule has 3 aliphatic rings. The number of amides is 1. The summed E-state index contributed by atoms with van der Waals surface area (Å²) in [6.07, 6.45) is 12.7. The lowest BCUT2D eigenvalue weighted by Crippen LogP contribution is -2.38. The molecule has 1 aliphatic heterocycles. The Morgan fingerprint density at radius 2 is 2.00 bits per heavy atom. The van der Waals surface area contributed by atoms with Crippen LogP contribution < -0.4 is 10.1 Å². The van der Waals surface area contributed by atoms with E-state index < -0.39 is 0 Å². The summed E-state index contributed by atoms with van der Waals surface area (Å²) in [7, 11) is 0. The second kappa shape index (κ2) is 10.2. The maximum absolute atomic E-state index is 13.0. The van der Waals surface area contributed by atoms with Gasteiger partial charge >= 0.3 is 0 Å². The molecule has 0 bridgehead atoms. The molecule has 1 amide bonds. The van der Waals surface area contributed by atoms with Gasteiger partial charge in [0.15, 0.2) is 0 Å². The molecule has 2 aliphatic carbocycles. The quantitative estimate of drug-likeness (QED) is 0.483. The van der Waals surface area contributed by atoms with Crippen molar-refractivity contribution in [3.63, 3.8) is 0 Å². The van der Waals surface area contributed by atoms with Crippen molar-refractivity contribution < 1.29 is 9.53 Å². The van der Waals surface area contributed by atoms with Crippen LogP contribution in [0.3, 0.4) is 0 Å². The van der Waals surface area contributed by atoms with Gasteiger partial charge in [0.25, 0.3) is 11.1 Å². The largest absolute Gasteiger partial charge is 0.467 e. The third-order valence-electron chi connectivity index (χ3n) is 8.03. The molecule has 184 valence electrons. The zero-order chi connectivity index (χ0) is 23.6. The summed E-state index contributed by atoms with van der Waals surface area (Å²) < 4.78 is 6.04. The summed E-state index contributed by atoms with van der Waals surface area (Å²) in [5.74, 6) is 0.777. The molecule has 0 atom stereocenters. The molecule has 35 heavy (non-hydrogen) atoms. The number of aromatic nitrogens is 2. The lowest BCUT2D eigenvalue weighted by molar-refractivity contribution is 0.0921. The van der Waals surface area contributed by atoms with Gasteiger partial charge in [-0.1, -0.05) is 23.5 Å². The average molecular weight is 491 g/mol. The van der Waals surface area contributed by atoms with E-state index >= 15 is 0 Å². The maximum Gasteiger partial charge on any atom is 0.273 e. The van der Waals surface area contributed by atoms with Crippen LogP contribution in [0.2, 0.25) is 0 Å². The fraction of sp³-hybridized carbons (Fsp3) is 0.536. The van der Waals surface area contributed by atoms with E-state index in [1.807, 2.05) is 30.3 Å². The Kier molecular flexibility index (Phi) is 6.70. The molecule has 2 saturated carbocycles. The fourth-order valence-corrected chi connectivity index (χ4v) is 6.60. The summed E-state index contributed by atoms with van der Waals surface area (Å²) in [5, 5.41) is 5.11. The number of ether oxygens (including phenoxy) is 1. The topological polar surface area (TPSA) is 67.4 Å². The number of hydrogen-bond acceptors (Lipinski definition) is 6. The molecule has 0 spiro atoms. The Balaban J connectivity index is 0.956. The molecule has 1 aromatic carbocycles. The molecule has 0 unspecified atom stereocenters. The molecule has 0 saturated heterocycles. The fourth-order valence-electron chi connectivity index (χ4n) is 5.63. The molecular weight excluding hydrogens is 456 g/mol. The predicted octanol–water partition coefficient (Wildman–Crippen LogP) is 5.36. The monoisotopic (exact) mass is 490 g/mol. The maximum atomic E-state index is 13.0. The Morgan fingerprint density at radius 3 is 2.83 bits per heavy atom. The van der Waals surface area contributed by atoms with Crippen molar-refractivity contribution in [3.8, 4) is 5.19 Å². The molecule has 6 rings (SSSR count). The molecule has 3 aromatic rings. The van der Waals surface area contributed by atoms with Gasteiger partial charge in [-0.3, -0.25) is 14.7 Å². The second-order valence-electron chi connectivity index (χ2n) is 10.4. The van der Waals surface area contributed by atoms with Gasteiger partial charge in [0, 0.05) is 41.2 Å². The number of nitrogens with one attached hydrogen (secondary N) is 1. The van der Waals surface area contributed by atoms with Crippen LogP contribution in [-0.4, -0.2) is 46.0 Å². The van der Waals surface area contributed by atoms with Gasteiger partial charge in [-0.05, 0) is 88.4 Å². The van der Waals surface area contributed by atoms with Crippen LogP contribution in [-0.2, 0) is 13.0 Å². The van der Waals surface area contributed by atoms with Crippen LogP contribution >= 0.6 is 11.3 Å². The van der Waals surface area contributed by atoms with Crippen molar-refractivity contribution in [2.24, 2.45) is 5.92 Å². The second-order valence-corrected chi connectivity index (χ2v) is 11.4. The third-order valence-corrected chi connectivity index (χ3v) is 9.08. The molecule has 2 aromatic heterocycles. The highest BCUT2D eigenvalue weighted by Crippen LogP contribution is 2.34. The van der Waals surface area contributed by atoms with Crippen LogP contribution in [0.4, 0.5) is 0 Å². The first-order chi connectivity index (χ1) is 17.2. The summed E-state index contributed by atoms with van der Waals surface area (Å²) >= 11 is 1.77. The summed E-state index contributed by atoms with van der Waals surface area (Å²) in [4.78, 5) is 26.1. The van der Waals surface area contributed by atoms with Crippen LogP contribution in [0.5, 0.6) is 5.19 Å². The minimum atomic E-state index is 0.0279. The van der Waals surface area contributed by atoms with Gasteiger partial charge in [-0.25, -0.2) is 4.98 Å². The molecule has 0 radical (unpaired) electrons. The number of carbonyl (C=O) groups excluding carboxylic acids is 1. The number of benzene rings is 1. The van der Waals surface area contributed by atoms with Crippen molar-refractivity contribution in [1.82, 2.24) is 20.2 Å². The predicted molar refractivity (Wildman–Crippen MR) is 139 cm³/mol. The minimum Gasteiger partial charge on any atom is -0.467 e. The average Bonchev–Trinajstić information content (AvgIpc) is 3.27. The summed E-state index contributed by atoms with van der Waals surface area (Å²) in [5.41, 5.74) is 2.84. The van der Waals surface area contributed by atoms with E-state index in [0.717, 1.165) is 66.5 Å². The number of carbonyl (C=O) groups is 1. The van der Waals surface area contributed by atoms with Gasteiger partial charge in [-0.15, -0.1) is 0 Å². The van der Waals surface area contributed by atoms with Crippen molar-refractivity contribution in [3.05, 3.63) is 52.7 Å². The summed E-state index contributed by atoms with van der Waals surface area (Å²) in [6, 6.07) is 9.91. The third kappa shape index (κ3) is 5.21. The highest BCUT2D eigenvalue weighted by molar-refractivity contribution is 7.13. The highest BCUT2D eigenvalue weighted by Gasteiger charge is 2.27. The highest BCUT2D eigenvalue weighted by atomic mass is 32.1. The van der Waals surface area contributed by atoms with E-state index in [9.17, 15) is 4.79 Å². The smallest absolute Gasteiger partial charge is 0.273 e. The first-order valence-corrected chi connectivity index (χ1v) is 14.0. The Bertz CT molecular complexity index is 1180. The Labute approximate surface area is 211 Å². The molecule has 3 heterocycles. The molecule has 2 fully saturated rings. The van der Waals surface area contributed by atoms with E-state index in [1.165, 1.54) is 49.1 Å². The van der Waals surface area contributed by atoms with Gasteiger partial charge in [0.2, 0.25) is 0 Å². The van der Waals surface area contributed by atoms with Gasteiger partial charge < -0.3 is 10.1 Å². The van der Waals surface area contributed by atoms with Gasteiger partial charge in [-0.2, -0.15) is 0 Å². The number of pyridine rings is 1. The number of thiazole rings is 1. The number of fused-ring (bicyclic) bond motifs is 2. The number of nitrogens with zero attached hydrogens (tertiary/aromatic N) is 3. The van der Waals surface area contributed by atoms with Crippen LogP contribution in [0.15, 0.2) is 36.5 Å². The summed E-state index contributed by atoms with van der Waals surface area (Å²) in [6.45, 7) is 3.23. The normalized spacial score (nSPS) is 23.0. The van der Waals surface area contributed by atoms with E-state index in [1.54, 1.807) is 17.5 Å². The minimum absolute atomic E-state index is 0.0279. The van der Waals surface area contributed by atoms with Gasteiger partial charge in [0.05, 0.1) is 11.2 Å². The number of rotatable bonds is 7. The van der Waals surface area contributed by atoms with E-state index in [0.29, 0.717) is 6.10 Å². The zero-order valence-corrected chi connectivity index (χ0v) is 21.1. The van der Waals surface area contributed by atoms with E-state index in [-0.39, 0.29) is 11.9 Å². The first-order valence-electron chi connectivity index (χ1n) is 13.2. The van der Waals surface area contributed by atoms with Crippen molar-refractivity contribution in [2.45, 2.75) is 76.5 Å². The van der Waals surface area contributed by atoms with Crippen LogP contribution in [0.1, 0.15) is 72.3 Å².